The van der Waals surface area contributed by atoms with Crippen LogP contribution in [0.25, 0.3) is 10.8 Å². The van der Waals surface area contributed by atoms with Crippen molar-refractivity contribution in [3.05, 3.63) is 46.9 Å². The molecule has 0 bridgehead atoms. The molecule has 6 rings (SSSR count). The summed E-state index contributed by atoms with van der Waals surface area (Å²) in [5.74, 6) is 0.0891. The highest BCUT2D eigenvalue weighted by molar-refractivity contribution is 6.16. The summed E-state index contributed by atoms with van der Waals surface area (Å²) in [6.07, 6.45) is 8.24. The van der Waals surface area contributed by atoms with Gasteiger partial charge in [0, 0.05) is 30.6 Å². The lowest BCUT2D eigenvalue weighted by atomic mass is 9.99. The van der Waals surface area contributed by atoms with Crippen LogP contribution in [0.5, 0.6) is 11.8 Å². The molecule has 39 heavy (non-hydrogen) atoms. The Bertz CT molecular complexity index is 1380. The van der Waals surface area contributed by atoms with Crippen molar-refractivity contribution < 1.29 is 19.0 Å². The van der Waals surface area contributed by atoms with Crippen LogP contribution in [0.15, 0.2) is 24.3 Å². The third kappa shape index (κ3) is 5.00. The lowest BCUT2D eigenvalue weighted by Gasteiger charge is -2.25. The highest BCUT2D eigenvalue weighted by atomic mass is 19.1. The van der Waals surface area contributed by atoms with Crippen molar-refractivity contribution in [2.24, 2.45) is 0 Å². The van der Waals surface area contributed by atoms with Crippen molar-refractivity contribution in [2.45, 2.75) is 70.9 Å². The third-order valence-corrected chi connectivity index (χ3v) is 8.22. The summed E-state index contributed by atoms with van der Waals surface area (Å²) in [5, 5.41) is 15.4. The number of carbonyl (C=O) groups is 1. The van der Waals surface area contributed by atoms with Gasteiger partial charge in [0.15, 0.2) is 0 Å². The van der Waals surface area contributed by atoms with Gasteiger partial charge < -0.3 is 25.0 Å². The number of anilines is 2. The Morgan fingerprint density at radius 1 is 1.10 bits per heavy atom. The monoisotopic (exact) mass is 533 g/mol. The average Bonchev–Trinajstić information content (AvgIpc) is 3.10. The summed E-state index contributed by atoms with van der Waals surface area (Å²) >= 11 is 0. The first-order valence-electron chi connectivity index (χ1n) is 14.3. The SMILES string of the molecule is CCc1c(F)ccc2cc(O)cc(N3Cc4nc(OC[C@H]5CCCCN5)nc(N5CCCCCC5)c4C3=O)c12. The first-order chi connectivity index (χ1) is 19.0. The lowest BCUT2D eigenvalue weighted by molar-refractivity contribution is 0.0997. The second-order valence-corrected chi connectivity index (χ2v) is 10.8. The molecule has 3 aromatic rings. The first kappa shape index (κ1) is 25.8. The number of aromatic nitrogens is 2. The predicted molar refractivity (Wildman–Crippen MR) is 149 cm³/mol. The second-order valence-electron chi connectivity index (χ2n) is 10.8. The second kappa shape index (κ2) is 11.0. The topological polar surface area (TPSA) is 90.8 Å². The van der Waals surface area contributed by atoms with Gasteiger partial charge >= 0.3 is 6.01 Å². The Hall–Kier alpha value is -3.46. The molecule has 0 saturated carbocycles. The Labute approximate surface area is 228 Å². The molecule has 1 amide bonds. The van der Waals surface area contributed by atoms with Crippen LogP contribution < -0.4 is 19.9 Å². The van der Waals surface area contributed by atoms with Crippen LogP contribution in [0.1, 0.15) is 73.5 Å². The minimum atomic E-state index is -0.321. The maximum absolute atomic E-state index is 14.9. The molecule has 2 aromatic carbocycles. The van der Waals surface area contributed by atoms with E-state index in [4.69, 9.17) is 14.7 Å². The fourth-order valence-corrected chi connectivity index (χ4v) is 6.21. The van der Waals surface area contributed by atoms with Gasteiger partial charge in [-0.05, 0) is 61.7 Å². The number of hydrogen-bond donors (Lipinski definition) is 2. The summed E-state index contributed by atoms with van der Waals surface area (Å²) in [6.45, 7) is 5.20. The van der Waals surface area contributed by atoms with Gasteiger partial charge in [-0.15, -0.1) is 0 Å². The minimum absolute atomic E-state index is 0.0257. The van der Waals surface area contributed by atoms with Crippen molar-refractivity contribution in [2.75, 3.05) is 36.0 Å². The third-order valence-electron chi connectivity index (χ3n) is 8.22. The molecule has 8 nitrogen and oxygen atoms in total. The van der Waals surface area contributed by atoms with Gasteiger partial charge in [-0.3, -0.25) is 4.79 Å². The Morgan fingerprint density at radius 2 is 1.92 bits per heavy atom. The molecule has 0 unspecified atom stereocenters. The molecule has 0 spiro atoms. The van der Waals surface area contributed by atoms with E-state index in [1.807, 2.05) is 6.92 Å². The summed E-state index contributed by atoms with van der Waals surface area (Å²) < 4.78 is 21.0. The fraction of sp³-hybridized carbons (Fsp3) is 0.500. The van der Waals surface area contributed by atoms with E-state index in [0.717, 1.165) is 51.7 Å². The number of ether oxygens (including phenoxy) is 1. The van der Waals surface area contributed by atoms with Crippen LogP contribution in [-0.4, -0.2) is 53.3 Å². The Kier molecular flexibility index (Phi) is 7.25. The Balaban J connectivity index is 1.41. The van der Waals surface area contributed by atoms with Crippen LogP contribution in [0, 0.1) is 5.82 Å². The van der Waals surface area contributed by atoms with Crippen molar-refractivity contribution in [3.63, 3.8) is 0 Å². The largest absolute Gasteiger partial charge is 0.508 e. The van der Waals surface area contributed by atoms with Crippen molar-refractivity contribution in [1.29, 1.82) is 0 Å². The predicted octanol–water partition coefficient (Wildman–Crippen LogP) is 5.10. The number of aromatic hydroxyl groups is 1. The van der Waals surface area contributed by atoms with Crippen molar-refractivity contribution >= 4 is 28.2 Å². The van der Waals surface area contributed by atoms with E-state index in [-0.39, 0.29) is 36.1 Å². The number of rotatable bonds is 6. The van der Waals surface area contributed by atoms with E-state index in [9.17, 15) is 14.3 Å². The van der Waals surface area contributed by atoms with Crippen LogP contribution in [0.4, 0.5) is 15.9 Å². The van der Waals surface area contributed by atoms with Gasteiger partial charge in [0.25, 0.3) is 5.91 Å². The molecular formula is C30H36FN5O3. The van der Waals surface area contributed by atoms with Crippen LogP contribution in [0.3, 0.4) is 0 Å². The molecule has 0 radical (unpaired) electrons. The number of phenols is 1. The molecule has 9 heteroatoms. The van der Waals surface area contributed by atoms with Crippen LogP contribution in [0.2, 0.25) is 0 Å². The maximum atomic E-state index is 14.9. The zero-order valence-electron chi connectivity index (χ0n) is 22.5. The van der Waals surface area contributed by atoms with Gasteiger partial charge in [-0.2, -0.15) is 9.97 Å². The number of benzene rings is 2. The molecule has 3 aliphatic heterocycles. The van der Waals surface area contributed by atoms with Gasteiger partial charge in [0.05, 0.1) is 17.9 Å². The molecule has 1 atom stereocenters. The van der Waals surface area contributed by atoms with E-state index in [0.29, 0.717) is 52.1 Å². The smallest absolute Gasteiger partial charge is 0.318 e. The zero-order valence-corrected chi connectivity index (χ0v) is 22.5. The van der Waals surface area contributed by atoms with Crippen molar-refractivity contribution in [1.82, 2.24) is 15.3 Å². The van der Waals surface area contributed by atoms with Crippen molar-refractivity contribution in [3.8, 4) is 11.8 Å². The average molecular weight is 534 g/mol. The summed E-state index contributed by atoms with van der Waals surface area (Å²) in [6, 6.07) is 6.77. The molecule has 2 fully saturated rings. The molecular weight excluding hydrogens is 497 g/mol. The molecule has 0 aliphatic carbocycles. The zero-order chi connectivity index (χ0) is 26.9. The highest BCUT2D eigenvalue weighted by Crippen LogP contribution is 2.41. The summed E-state index contributed by atoms with van der Waals surface area (Å²) in [5.41, 5.74) is 2.09. The molecule has 4 heterocycles. The number of aryl methyl sites for hydroxylation is 1. The van der Waals surface area contributed by atoms with E-state index < -0.39 is 0 Å². The van der Waals surface area contributed by atoms with E-state index in [1.165, 1.54) is 18.9 Å². The van der Waals surface area contributed by atoms with Gasteiger partial charge in [-0.25, -0.2) is 4.39 Å². The maximum Gasteiger partial charge on any atom is 0.318 e. The highest BCUT2D eigenvalue weighted by Gasteiger charge is 2.37. The van der Waals surface area contributed by atoms with Gasteiger partial charge in [0.2, 0.25) is 0 Å². The van der Waals surface area contributed by atoms with Gasteiger partial charge in [-0.1, -0.05) is 32.3 Å². The van der Waals surface area contributed by atoms with E-state index >= 15 is 0 Å². The van der Waals surface area contributed by atoms with E-state index in [2.05, 4.69) is 10.2 Å². The lowest BCUT2D eigenvalue weighted by Crippen LogP contribution is -2.38. The fourth-order valence-electron chi connectivity index (χ4n) is 6.21. The number of piperidine rings is 1. The molecule has 1 aromatic heterocycles. The molecule has 2 N–H and O–H groups in total. The number of fused-ring (bicyclic) bond motifs is 2. The Morgan fingerprint density at radius 3 is 2.67 bits per heavy atom. The van der Waals surface area contributed by atoms with E-state index in [1.54, 1.807) is 23.1 Å². The van der Waals surface area contributed by atoms with Crippen LogP contribution >= 0.6 is 0 Å². The number of amides is 1. The quantitative estimate of drug-likeness (QED) is 0.456. The number of halogens is 1. The summed E-state index contributed by atoms with van der Waals surface area (Å²) in [7, 11) is 0. The number of hydrogen-bond acceptors (Lipinski definition) is 7. The van der Waals surface area contributed by atoms with Crippen LogP contribution in [-0.2, 0) is 13.0 Å². The minimum Gasteiger partial charge on any atom is -0.508 e. The standard InChI is InChI=1S/C30H36FN5O3/c1-2-22-23(31)11-10-19-15-21(37)16-25(26(19)22)36-17-24-27(29(36)38)28(35-13-7-3-4-8-14-35)34-30(33-24)39-18-20-9-5-6-12-32-20/h10-11,15-16,20,32,37H,2-9,12-14,17-18H2,1H3/t20-/m1/s1. The number of nitrogens with zero attached hydrogens (tertiary/aromatic N) is 4. The first-order valence-corrected chi connectivity index (χ1v) is 14.3. The molecule has 206 valence electrons. The summed E-state index contributed by atoms with van der Waals surface area (Å²) in [4.78, 5) is 27.4. The number of nitrogens with one attached hydrogen (secondary N) is 1. The van der Waals surface area contributed by atoms with Gasteiger partial charge in [0.1, 0.15) is 29.6 Å². The molecule has 2 saturated heterocycles. The molecule has 3 aliphatic rings. The number of phenolic OH excluding ortho intramolecular Hbond substituents is 1. The number of carbonyl (C=O) groups excluding carboxylic acids is 1. The normalized spacial score (nSPS) is 19.8.